The third kappa shape index (κ3) is 6.19. The highest BCUT2D eigenvalue weighted by molar-refractivity contribution is 14.1. The Balaban J connectivity index is 2.27. The molecular formula is C16H25IO. The summed E-state index contributed by atoms with van der Waals surface area (Å²) >= 11 is 2.47. The summed E-state index contributed by atoms with van der Waals surface area (Å²) in [5.41, 5.74) is 2.64. The molecule has 0 amide bonds. The van der Waals surface area contributed by atoms with Gasteiger partial charge in [-0.1, -0.05) is 73.0 Å². The van der Waals surface area contributed by atoms with Gasteiger partial charge in [0.1, 0.15) is 0 Å². The Bertz CT molecular complexity index is 324. The molecule has 1 aromatic carbocycles. The van der Waals surface area contributed by atoms with Crippen LogP contribution in [0.5, 0.6) is 0 Å². The lowest BCUT2D eigenvalue weighted by atomic mass is 10.0. The Morgan fingerprint density at radius 2 is 1.72 bits per heavy atom. The molecule has 0 atom stereocenters. The predicted octanol–water partition coefficient (Wildman–Crippen LogP) is 5.45. The Kier molecular flexibility index (Phi) is 7.23. The van der Waals surface area contributed by atoms with E-state index in [4.69, 9.17) is 4.74 Å². The first-order chi connectivity index (χ1) is 8.54. The van der Waals surface area contributed by atoms with E-state index in [1.807, 2.05) is 0 Å². The standard InChI is InChI=1S/C16H25IO/c1-4-5-6-7-12-18-13-14-8-10-15(11-9-14)16(2,3)17/h8-11H,4-7,12-13H2,1-3H3. The minimum atomic E-state index is 0.206. The van der Waals surface area contributed by atoms with Crippen LogP contribution in [0, 0.1) is 0 Å². The molecule has 0 aliphatic heterocycles. The van der Waals surface area contributed by atoms with Crippen molar-refractivity contribution in [3.63, 3.8) is 0 Å². The maximum Gasteiger partial charge on any atom is 0.0716 e. The molecule has 0 bridgehead atoms. The minimum Gasteiger partial charge on any atom is -0.377 e. The number of hydrogen-bond donors (Lipinski definition) is 0. The second-order valence-corrected chi connectivity index (χ2v) is 7.98. The second-order valence-electron chi connectivity index (χ2n) is 5.28. The van der Waals surface area contributed by atoms with Crippen molar-refractivity contribution >= 4 is 22.6 Å². The third-order valence-electron chi connectivity index (χ3n) is 3.05. The molecule has 18 heavy (non-hydrogen) atoms. The van der Waals surface area contributed by atoms with Gasteiger partial charge in [0.15, 0.2) is 0 Å². The molecule has 0 unspecified atom stereocenters. The van der Waals surface area contributed by atoms with Crippen LogP contribution in [-0.4, -0.2) is 6.61 Å². The van der Waals surface area contributed by atoms with Crippen LogP contribution in [0.4, 0.5) is 0 Å². The number of benzene rings is 1. The fraction of sp³-hybridized carbons (Fsp3) is 0.625. The predicted molar refractivity (Wildman–Crippen MR) is 87.3 cm³/mol. The molecule has 1 aromatic rings. The first-order valence-electron chi connectivity index (χ1n) is 6.90. The third-order valence-corrected chi connectivity index (χ3v) is 3.67. The molecule has 102 valence electrons. The highest BCUT2D eigenvalue weighted by Crippen LogP contribution is 2.30. The average Bonchev–Trinajstić information content (AvgIpc) is 2.33. The quantitative estimate of drug-likeness (QED) is 0.340. The van der Waals surface area contributed by atoms with Gasteiger partial charge in [-0.05, 0) is 31.4 Å². The molecule has 0 fully saturated rings. The summed E-state index contributed by atoms with van der Waals surface area (Å²) < 4.78 is 5.90. The fourth-order valence-corrected chi connectivity index (χ4v) is 2.18. The van der Waals surface area contributed by atoms with Crippen molar-refractivity contribution in [3.05, 3.63) is 35.4 Å². The van der Waals surface area contributed by atoms with Crippen molar-refractivity contribution < 1.29 is 4.74 Å². The lowest BCUT2D eigenvalue weighted by Gasteiger charge is -2.17. The number of halogens is 1. The maximum absolute atomic E-state index is 5.69. The van der Waals surface area contributed by atoms with Crippen LogP contribution in [-0.2, 0) is 14.8 Å². The fourth-order valence-electron chi connectivity index (χ4n) is 1.82. The van der Waals surface area contributed by atoms with Gasteiger partial charge in [-0.25, -0.2) is 0 Å². The minimum absolute atomic E-state index is 0.206. The van der Waals surface area contributed by atoms with E-state index in [1.54, 1.807) is 0 Å². The van der Waals surface area contributed by atoms with Crippen LogP contribution < -0.4 is 0 Å². The van der Waals surface area contributed by atoms with Gasteiger partial charge < -0.3 is 4.74 Å². The van der Waals surface area contributed by atoms with Gasteiger partial charge in [0.2, 0.25) is 0 Å². The normalized spacial score (nSPS) is 11.8. The molecule has 0 radical (unpaired) electrons. The van der Waals surface area contributed by atoms with Gasteiger partial charge in [0, 0.05) is 10.0 Å². The van der Waals surface area contributed by atoms with Crippen molar-refractivity contribution in [1.29, 1.82) is 0 Å². The monoisotopic (exact) mass is 360 g/mol. The summed E-state index contributed by atoms with van der Waals surface area (Å²) in [5, 5.41) is 0. The summed E-state index contributed by atoms with van der Waals surface area (Å²) in [6.45, 7) is 8.32. The summed E-state index contributed by atoms with van der Waals surface area (Å²) in [6, 6.07) is 8.79. The lowest BCUT2D eigenvalue weighted by Crippen LogP contribution is -2.06. The zero-order valence-corrected chi connectivity index (χ0v) is 14.0. The second kappa shape index (κ2) is 8.16. The van der Waals surface area contributed by atoms with Crippen LogP contribution in [0.3, 0.4) is 0 Å². The maximum atomic E-state index is 5.69. The molecular weight excluding hydrogens is 335 g/mol. The van der Waals surface area contributed by atoms with Crippen LogP contribution in [0.15, 0.2) is 24.3 Å². The van der Waals surface area contributed by atoms with Crippen molar-refractivity contribution in [3.8, 4) is 0 Å². The molecule has 0 aromatic heterocycles. The van der Waals surface area contributed by atoms with E-state index in [2.05, 4.69) is 67.6 Å². The van der Waals surface area contributed by atoms with Crippen molar-refractivity contribution in [2.75, 3.05) is 6.61 Å². The molecule has 0 spiro atoms. The Morgan fingerprint density at radius 3 is 2.28 bits per heavy atom. The van der Waals surface area contributed by atoms with E-state index in [-0.39, 0.29) is 3.42 Å². The van der Waals surface area contributed by atoms with E-state index in [0.29, 0.717) is 0 Å². The first-order valence-corrected chi connectivity index (χ1v) is 7.98. The Morgan fingerprint density at radius 1 is 1.06 bits per heavy atom. The molecule has 0 saturated heterocycles. The highest BCUT2D eigenvalue weighted by atomic mass is 127. The largest absolute Gasteiger partial charge is 0.377 e. The smallest absolute Gasteiger partial charge is 0.0716 e. The SMILES string of the molecule is CCCCCCOCc1ccc(C(C)(C)I)cc1. The number of hydrogen-bond acceptors (Lipinski definition) is 1. The number of alkyl halides is 1. The van der Waals surface area contributed by atoms with E-state index in [0.717, 1.165) is 13.2 Å². The van der Waals surface area contributed by atoms with Gasteiger partial charge in [-0.2, -0.15) is 0 Å². The first kappa shape index (κ1) is 16.0. The average molecular weight is 360 g/mol. The number of unbranched alkanes of at least 4 members (excludes halogenated alkanes) is 3. The van der Waals surface area contributed by atoms with E-state index in [9.17, 15) is 0 Å². The molecule has 1 rings (SSSR count). The zero-order valence-electron chi connectivity index (χ0n) is 11.8. The Labute approximate surface area is 125 Å². The molecule has 1 nitrogen and oxygen atoms in total. The zero-order chi connectivity index (χ0) is 13.4. The van der Waals surface area contributed by atoms with Gasteiger partial charge >= 0.3 is 0 Å². The number of rotatable bonds is 8. The summed E-state index contributed by atoms with van der Waals surface area (Å²) in [4.78, 5) is 0. The van der Waals surface area contributed by atoms with Crippen molar-refractivity contribution in [2.24, 2.45) is 0 Å². The summed E-state index contributed by atoms with van der Waals surface area (Å²) in [5.74, 6) is 0. The molecule has 0 heterocycles. The molecule has 0 aliphatic carbocycles. The summed E-state index contributed by atoms with van der Waals surface area (Å²) in [7, 11) is 0. The molecule has 0 saturated carbocycles. The molecule has 2 heteroatoms. The van der Waals surface area contributed by atoms with Gasteiger partial charge in [-0.3, -0.25) is 0 Å². The van der Waals surface area contributed by atoms with Crippen LogP contribution in [0.2, 0.25) is 0 Å². The lowest BCUT2D eigenvalue weighted by molar-refractivity contribution is 0.117. The van der Waals surface area contributed by atoms with Crippen LogP contribution in [0.25, 0.3) is 0 Å². The van der Waals surface area contributed by atoms with Crippen LogP contribution >= 0.6 is 22.6 Å². The Hall–Kier alpha value is -0.0900. The van der Waals surface area contributed by atoms with Gasteiger partial charge in [-0.15, -0.1) is 0 Å². The molecule has 0 aliphatic rings. The summed E-state index contributed by atoms with van der Waals surface area (Å²) in [6.07, 6.45) is 5.08. The highest BCUT2D eigenvalue weighted by Gasteiger charge is 2.14. The van der Waals surface area contributed by atoms with Gasteiger partial charge in [0.05, 0.1) is 6.61 Å². The van der Waals surface area contributed by atoms with Crippen molar-refractivity contribution in [2.45, 2.75) is 56.5 Å². The molecule has 0 N–H and O–H groups in total. The number of ether oxygens (including phenoxy) is 1. The van der Waals surface area contributed by atoms with Crippen LogP contribution in [0.1, 0.15) is 57.6 Å². The van der Waals surface area contributed by atoms with E-state index >= 15 is 0 Å². The topological polar surface area (TPSA) is 9.23 Å². The van der Waals surface area contributed by atoms with Gasteiger partial charge in [0.25, 0.3) is 0 Å². The van der Waals surface area contributed by atoms with Crippen molar-refractivity contribution in [1.82, 2.24) is 0 Å². The van der Waals surface area contributed by atoms with E-state index in [1.165, 1.54) is 36.8 Å². The van der Waals surface area contributed by atoms with E-state index < -0.39 is 0 Å².